The lowest BCUT2D eigenvalue weighted by atomic mass is 9.99. The van der Waals surface area contributed by atoms with E-state index in [-0.39, 0.29) is 26.4 Å². The van der Waals surface area contributed by atoms with Gasteiger partial charge < -0.3 is 19.7 Å². The molecule has 2 N–H and O–H groups in total. The van der Waals surface area contributed by atoms with E-state index in [0.29, 0.717) is 0 Å². The Morgan fingerprint density at radius 1 is 0.800 bits per heavy atom. The lowest BCUT2D eigenvalue weighted by Gasteiger charge is -2.18. The second-order valence-electron chi connectivity index (χ2n) is 4.60. The fraction of sp³-hybridized carbons (Fsp3) is 0.375. The number of hydrogen-bond acceptors (Lipinski definition) is 4. The Morgan fingerprint density at radius 2 is 1.20 bits per heavy atom. The van der Waals surface area contributed by atoms with Crippen molar-refractivity contribution in [2.45, 2.75) is 13.8 Å². The smallest absolute Gasteiger partial charge is 0.130 e. The van der Waals surface area contributed by atoms with Crippen molar-refractivity contribution >= 4 is 10.8 Å². The minimum Gasteiger partial charge on any atom is -0.490 e. The third kappa shape index (κ3) is 2.71. The van der Waals surface area contributed by atoms with Crippen molar-refractivity contribution in [3.8, 4) is 11.5 Å². The first kappa shape index (κ1) is 14.6. The minimum atomic E-state index is -0.0183. The van der Waals surface area contributed by atoms with E-state index in [1.807, 2.05) is 38.1 Å². The zero-order valence-corrected chi connectivity index (χ0v) is 11.8. The Hall–Kier alpha value is -1.78. The predicted octanol–water partition coefficient (Wildman–Crippen LogP) is 2.20. The van der Waals surface area contributed by atoms with Gasteiger partial charge in [-0.3, -0.25) is 0 Å². The molecule has 0 spiro atoms. The molecule has 4 heteroatoms. The van der Waals surface area contributed by atoms with Crippen LogP contribution < -0.4 is 9.47 Å². The Kier molecular flexibility index (Phi) is 4.82. The van der Waals surface area contributed by atoms with Crippen LogP contribution in [0.4, 0.5) is 0 Å². The summed E-state index contributed by atoms with van der Waals surface area (Å²) < 4.78 is 11.4. The number of fused-ring (bicyclic) bond motifs is 1. The van der Waals surface area contributed by atoms with Gasteiger partial charge in [0.25, 0.3) is 0 Å². The molecule has 0 heterocycles. The van der Waals surface area contributed by atoms with Crippen LogP contribution in [0.5, 0.6) is 11.5 Å². The van der Waals surface area contributed by atoms with Crippen molar-refractivity contribution in [2.75, 3.05) is 26.4 Å². The zero-order valence-electron chi connectivity index (χ0n) is 11.8. The van der Waals surface area contributed by atoms with Crippen LogP contribution in [-0.4, -0.2) is 36.6 Å². The van der Waals surface area contributed by atoms with Gasteiger partial charge in [0, 0.05) is 10.8 Å². The van der Waals surface area contributed by atoms with Gasteiger partial charge in [0.15, 0.2) is 0 Å². The van der Waals surface area contributed by atoms with E-state index in [2.05, 4.69) is 0 Å². The molecule has 0 unspecified atom stereocenters. The Bertz CT molecular complexity index is 540. The third-order valence-corrected chi connectivity index (χ3v) is 3.34. The van der Waals surface area contributed by atoms with Crippen LogP contribution in [0.1, 0.15) is 11.1 Å². The Balaban J connectivity index is 2.61. The summed E-state index contributed by atoms with van der Waals surface area (Å²) in [6.07, 6.45) is 0. The van der Waals surface area contributed by atoms with Crippen molar-refractivity contribution in [1.29, 1.82) is 0 Å². The molecule has 2 rings (SSSR count). The molecule has 0 aliphatic carbocycles. The van der Waals surface area contributed by atoms with Crippen LogP contribution in [0.3, 0.4) is 0 Å². The van der Waals surface area contributed by atoms with E-state index in [1.165, 1.54) is 0 Å². The summed E-state index contributed by atoms with van der Waals surface area (Å²) in [5, 5.41) is 19.8. The molecule has 108 valence electrons. The molecule has 0 atom stereocenters. The van der Waals surface area contributed by atoms with Crippen molar-refractivity contribution in [3.05, 3.63) is 35.4 Å². The minimum absolute atomic E-state index is 0.0183. The fourth-order valence-corrected chi connectivity index (χ4v) is 2.29. The van der Waals surface area contributed by atoms with Gasteiger partial charge in [-0.15, -0.1) is 0 Å². The maximum atomic E-state index is 8.95. The van der Waals surface area contributed by atoms with E-state index in [9.17, 15) is 0 Å². The summed E-state index contributed by atoms with van der Waals surface area (Å²) in [4.78, 5) is 0. The van der Waals surface area contributed by atoms with Gasteiger partial charge >= 0.3 is 0 Å². The molecular formula is C16H20O4. The molecule has 0 saturated heterocycles. The number of hydrogen-bond donors (Lipinski definition) is 2. The molecule has 0 amide bonds. The van der Waals surface area contributed by atoms with Crippen LogP contribution in [0.25, 0.3) is 10.8 Å². The summed E-state index contributed by atoms with van der Waals surface area (Å²) in [5.41, 5.74) is 1.98. The first-order valence-electron chi connectivity index (χ1n) is 6.70. The molecular weight excluding hydrogens is 256 g/mol. The first-order valence-corrected chi connectivity index (χ1v) is 6.70. The summed E-state index contributed by atoms with van der Waals surface area (Å²) in [6.45, 7) is 4.44. The highest BCUT2D eigenvalue weighted by atomic mass is 16.5. The van der Waals surface area contributed by atoms with E-state index < -0.39 is 0 Å². The van der Waals surface area contributed by atoms with Gasteiger partial charge in [0.1, 0.15) is 24.7 Å². The number of rotatable bonds is 6. The zero-order chi connectivity index (χ0) is 14.5. The monoisotopic (exact) mass is 276 g/mol. The molecule has 0 aliphatic heterocycles. The fourth-order valence-electron chi connectivity index (χ4n) is 2.29. The quantitative estimate of drug-likeness (QED) is 0.849. The largest absolute Gasteiger partial charge is 0.490 e. The molecule has 0 aliphatic rings. The van der Waals surface area contributed by atoms with Crippen molar-refractivity contribution < 1.29 is 19.7 Å². The van der Waals surface area contributed by atoms with Gasteiger partial charge in [-0.2, -0.15) is 0 Å². The molecule has 0 fully saturated rings. The summed E-state index contributed by atoms with van der Waals surface area (Å²) >= 11 is 0. The van der Waals surface area contributed by atoms with Crippen molar-refractivity contribution in [1.82, 2.24) is 0 Å². The Morgan fingerprint density at radius 3 is 1.55 bits per heavy atom. The highest BCUT2D eigenvalue weighted by Gasteiger charge is 2.16. The number of benzene rings is 2. The molecule has 0 saturated carbocycles. The van der Waals surface area contributed by atoms with Gasteiger partial charge in [-0.25, -0.2) is 0 Å². The van der Waals surface area contributed by atoms with Crippen LogP contribution in [0, 0.1) is 13.8 Å². The highest BCUT2D eigenvalue weighted by molar-refractivity contribution is 5.95. The highest BCUT2D eigenvalue weighted by Crippen LogP contribution is 2.40. The van der Waals surface area contributed by atoms with Crippen molar-refractivity contribution in [2.24, 2.45) is 0 Å². The molecule has 0 bridgehead atoms. The average molecular weight is 276 g/mol. The number of aliphatic hydroxyl groups excluding tert-OH is 2. The normalized spacial score (nSPS) is 10.8. The van der Waals surface area contributed by atoms with Gasteiger partial charge in [0.05, 0.1) is 13.2 Å². The topological polar surface area (TPSA) is 58.9 Å². The molecule has 2 aromatic rings. The van der Waals surface area contributed by atoms with Gasteiger partial charge in [-0.05, 0) is 25.0 Å². The summed E-state index contributed by atoms with van der Waals surface area (Å²) in [6, 6.07) is 7.83. The Labute approximate surface area is 118 Å². The van der Waals surface area contributed by atoms with Crippen LogP contribution in [0.2, 0.25) is 0 Å². The molecule has 0 aromatic heterocycles. The third-order valence-electron chi connectivity index (χ3n) is 3.34. The van der Waals surface area contributed by atoms with Crippen LogP contribution in [-0.2, 0) is 0 Å². The van der Waals surface area contributed by atoms with Crippen LogP contribution >= 0.6 is 0 Å². The first-order chi connectivity index (χ1) is 9.70. The second-order valence-corrected chi connectivity index (χ2v) is 4.60. The lowest BCUT2D eigenvalue weighted by molar-refractivity contribution is 0.199. The summed E-state index contributed by atoms with van der Waals surface area (Å²) in [5.74, 6) is 1.56. The van der Waals surface area contributed by atoms with Crippen molar-refractivity contribution in [3.63, 3.8) is 0 Å². The maximum absolute atomic E-state index is 8.95. The number of ether oxygens (including phenoxy) is 2. The van der Waals surface area contributed by atoms with E-state index in [1.54, 1.807) is 0 Å². The predicted molar refractivity (Wildman–Crippen MR) is 78.6 cm³/mol. The standard InChI is InChI=1S/C16H20O4/c1-11-12(2)16(20-10-8-18)14-6-4-3-5-13(14)15(11)19-9-7-17/h3-6,17-18H,7-10H2,1-2H3. The number of aliphatic hydroxyl groups is 2. The lowest BCUT2D eigenvalue weighted by Crippen LogP contribution is -2.07. The molecule has 20 heavy (non-hydrogen) atoms. The molecule has 0 radical (unpaired) electrons. The second kappa shape index (κ2) is 6.59. The maximum Gasteiger partial charge on any atom is 0.130 e. The molecule has 2 aromatic carbocycles. The average Bonchev–Trinajstić information content (AvgIpc) is 2.47. The van der Waals surface area contributed by atoms with E-state index >= 15 is 0 Å². The van der Waals surface area contributed by atoms with E-state index in [0.717, 1.165) is 33.4 Å². The summed E-state index contributed by atoms with van der Waals surface area (Å²) in [7, 11) is 0. The van der Waals surface area contributed by atoms with Gasteiger partial charge in [-0.1, -0.05) is 24.3 Å². The van der Waals surface area contributed by atoms with E-state index in [4.69, 9.17) is 19.7 Å². The molecule has 4 nitrogen and oxygen atoms in total. The van der Waals surface area contributed by atoms with Crippen LogP contribution in [0.15, 0.2) is 24.3 Å². The SMILES string of the molecule is Cc1c(C)c(OCCO)c2ccccc2c1OCCO. The van der Waals surface area contributed by atoms with Gasteiger partial charge in [0.2, 0.25) is 0 Å².